The first kappa shape index (κ1) is 46.5. The Morgan fingerprint density at radius 2 is 0.500 bits per heavy atom. The minimum Gasteiger partial charge on any atom is -0.309 e. The lowest BCUT2D eigenvalue weighted by Crippen LogP contribution is -2.30. The van der Waals surface area contributed by atoms with Crippen LogP contribution in [0.15, 0.2) is 267 Å². The van der Waals surface area contributed by atoms with Crippen molar-refractivity contribution in [2.45, 2.75) is 37.5 Å². The van der Waals surface area contributed by atoms with E-state index < -0.39 is 7.14 Å². The van der Waals surface area contributed by atoms with E-state index in [2.05, 4.69) is 194 Å². The van der Waals surface area contributed by atoms with E-state index in [-0.39, 0.29) is 5.41 Å². The molecule has 0 radical (unpaired) electrons. The second kappa shape index (κ2) is 20.5. The predicted octanol–water partition coefficient (Wildman–Crippen LogP) is 16.4. The molecular formula is C69H54N3OP. The van der Waals surface area contributed by atoms with Crippen LogP contribution in [0.3, 0.4) is 0 Å². The maximum atomic E-state index is 15.0. The Kier molecular flexibility index (Phi) is 12.9. The molecule has 0 aliphatic heterocycles. The summed E-state index contributed by atoms with van der Waals surface area (Å²) in [6.45, 7) is 0. The van der Waals surface area contributed by atoms with E-state index >= 15 is 4.57 Å². The summed E-state index contributed by atoms with van der Waals surface area (Å²) in [5, 5.41) is 2.51. The van der Waals surface area contributed by atoms with Gasteiger partial charge in [0.15, 0.2) is 24.6 Å². The minimum atomic E-state index is -3.06. The molecule has 1 fully saturated rings. The van der Waals surface area contributed by atoms with Crippen molar-refractivity contribution in [3.63, 3.8) is 0 Å². The molecule has 0 spiro atoms. The highest BCUT2D eigenvalue weighted by Gasteiger charge is 2.36. The molecule has 10 aromatic carbocycles. The van der Waals surface area contributed by atoms with Crippen LogP contribution in [0.1, 0.15) is 43.2 Å². The summed E-state index contributed by atoms with van der Waals surface area (Å²) in [6.07, 6.45) is 5.76. The number of aromatic nitrogens is 3. The zero-order valence-electron chi connectivity index (χ0n) is 41.1. The van der Waals surface area contributed by atoms with Crippen LogP contribution in [-0.2, 0) is 9.98 Å². The van der Waals surface area contributed by atoms with Crippen LogP contribution in [-0.4, -0.2) is 15.0 Å². The average Bonchev–Trinajstić information content (AvgIpc) is 3.50. The summed E-state index contributed by atoms with van der Waals surface area (Å²) < 4.78 is 15.0. The molecule has 0 N–H and O–H groups in total. The lowest BCUT2D eigenvalue weighted by atomic mass is 9.65. The van der Waals surface area contributed by atoms with Crippen LogP contribution in [0.4, 0.5) is 0 Å². The molecule has 1 saturated carbocycles. The molecule has 1 aliphatic rings. The Hall–Kier alpha value is -8.56. The van der Waals surface area contributed by atoms with Crippen LogP contribution in [0, 0.1) is 0 Å². The van der Waals surface area contributed by atoms with Crippen molar-refractivity contribution >= 4 is 23.1 Å². The molecule has 0 bridgehead atoms. The topological polar surface area (TPSA) is 55.7 Å². The Bertz CT molecular complexity index is 3650. The molecule has 1 aromatic heterocycles. The molecule has 0 unspecified atom stereocenters. The zero-order valence-corrected chi connectivity index (χ0v) is 42.0. The van der Waals surface area contributed by atoms with Gasteiger partial charge in [-0.25, -0.2) is 15.0 Å². The van der Waals surface area contributed by atoms with Crippen LogP contribution in [0.5, 0.6) is 0 Å². The highest BCUT2D eigenvalue weighted by molar-refractivity contribution is 7.85. The van der Waals surface area contributed by atoms with Crippen molar-refractivity contribution in [1.82, 2.24) is 15.0 Å². The quantitative estimate of drug-likeness (QED) is 0.114. The fourth-order valence-corrected chi connectivity index (χ4v) is 13.6. The van der Waals surface area contributed by atoms with Gasteiger partial charge in [0.05, 0.1) is 0 Å². The molecule has 74 heavy (non-hydrogen) atoms. The van der Waals surface area contributed by atoms with Crippen molar-refractivity contribution in [2.75, 3.05) is 0 Å². The van der Waals surface area contributed by atoms with Gasteiger partial charge in [-0.2, -0.15) is 0 Å². The van der Waals surface area contributed by atoms with Gasteiger partial charge in [0.2, 0.25) is 0 Å². The van der Waals surface area contributed by atoms with E-state index in [1.807, 2.05) is 72.8 Å². The van der Waals surface area contributed by atoms with Crippen molar-refractivity contribution in [3.05, 3.63) is 278 Å². The number of rotatable bonds is 12. The van der Waals surface area contributed by atoms with Gasteiger partial charge < -0.3 is 4.57 Å². The van der Waals surface area contributed by atoms with E-state index in [0.29, 0.717) is 17.5 Å². The highest BCUT2D eigenvalue weighted by atomic mass is 31.2. The van der Waals surface area contributed by atoms with Crippen LogP contribution >= 0.6 is 7.14 Å². The van der Waals surface area contributed by atoms with Gasteiger partial charge in [-0.05, 0) is 68.5 Å². The largest absolute Gasteiger partial charge is 0.309 e. The first-order valence-electron chi connectivity index (χ1n) is 25.7. The first-order chi connectivity index (χ1) is 36.5. The van der Waals surface area contributed by atoms with E-state index in [9.17, 15) is 0 Å². The summed E-state index contributed by atoms with van der Waals surface area (Å²) in [5.41, 5.74) is 14.6. The Balaban J connectivity index is 0.845. The third-order valence-corrected chi connectivity index (χ3v) is 18.1. The van der Waals surface area contributed by atoms with Gasteiger partial charge >= 0.3 is 0 Å². The fraction of sp³-hybridized carbons (Fsp3) is 0.0870. The second-order valence-electron chi connectivity index (χ2n) is 19.4. The van der Waals surface area contributed by atoms with Gasteiger partial charge in [0.25, 0.3) is 0 Å². The molecule has 4 nitrogen and oxygen atoms in total. The molecule has 5 heteroatoms. The third-order valence-electron chi connectivity index (χ3n) is 15.0. The van der Waals surface area contributed by atoms with E-state index in [1.165, 1.54) is 47.1 Å². The minimum absolute atomic E-state index is 0.114. The van der Waals surface area contributed by atoms with Crippen molar-refractivity contribution in [1.29, 1.82) is 0 Å². The van der Waals surface area contributed by atoms with Crippen molar-refractivity contribution in [2.24, 2.45) is 0 Å². The molecule has 0 atom stereocenters. The molecule has 0 amide bonds. The lowest BCUT2D eigenvalue weighted by Gasteiger charge is -2.39. The maximum Gasteiger partial charge on any atom is 0.171 e. The SMILES string of the molecule is O=P(c1ccccc1)(c1ccccc1)c1ccc(-c2ccc(C3(c4ccc(-c5nc(-c6ccc(-c7ccccc7)cc6)nc(-c6ccc(-c7ccc(-c8ccccc8)cc7)cc6)n5)cc4)CCCCC3)cc2)cc1. The molecule has 0 saturated heterocycles. The number of nitrogens with zero attached hydrogens (tertiary/aromatic N) is 3. The molecule has 356 valence electrons. The Morgan fingerprint density at radius 3 is 0.838 bits per heavy atom. The molecule has 1 heterocycles. The second-order valence-corrected chi connectivity index (χ2v) is 22.2. The van der Waals surface area contributed by atoms with Gasteiger partial charge in [-0.15, -0.1) is 0 Å². The average molecular weight is 972 g/mol. The van der Waals surface area contributed by atoms with E-state index in [4.69, 9.17) is 15.0 Å². The fourth-order valence-electron chi connectivity index (χ4n) is 10.9. The van der Waals surface area contributed by atoms with E-state index in [0.717, 1.165) is 73.3 Å². The van der Waals surface area contributed by atoms with Gasteiger partial charge in [-0.1, -0.05) is 286 Å². The van der Waals surface area contributed by atoms with Gasteiger partial charge in [0, 0.05) is 38.0 Å². The standard InChI is InChI=1S/C69H54N3OP/c73-74(63-20-10-3-11-21-63,64-22-12-4-13-23-64)65-46-40-57(41-47-65)56-36-42-61(43-37-56)69(48-14-5-15-49-69)62-44-38-60(39-45-62)68-71-66(58-32-28-53(29-33-58)51-18-8-2-9-19-51)70-67(72-68)59-34-30-55(31-35-59)54-26-24-52(25-27-54)50-16-6-1-7-17-50/h1-4,6-13,16-47H,5,14-15,48-49H2. The lowest BCUT2D eigenvalue weighted by molar-refractivity contribution is 0.346. The summed E-state index contributed by atoms with van der Waals surface area (Å²) in [5.74, 6) is 1.91. The van der Waals surface area contributed by atoms with Gasteiger partial charge in [0.1, 0.15) is 0 Å². The summed E-state index contributed by atoms with van der Waals surface area (Å²) in [4.78, 5) is 15.5. The monoisotopic (exact) mass is 971 g/mol. The third kappa shape index (κ3) is 9.26. The molecule has 11 aromatic rings. The van der Waals surface area contributed by atoms with E-state index in [1.54, 1.807) is 0 Å². The van der Waals surface area contributed by atoms with Crippen LogP contribution in [0.2, 0.25) is 0 Å². The highest BCUT2D eigenvalue weighted by Crippen LogP contribution is 2.46. The van der Waals surface area contributed by atoms with Crippen LogP contribution in [0.25, 0.3) is 78.7 Å². The number of hydrogen-bond donors (Lipinski definition) is 0. The zero-order chi connectivity index (χ0) is 49.7. The Labute approximate surface area is 434 Å². The first-order valence-corrected chi connectivity index (χ1v) is 27.4. The molecular weight excluding hydrogens is 918 g/mol. The number of benzene rings is 10. The smallest absolute Gasteiger partial charge is 0.171 e. The van der Waals surface area contributed by atoms with Gasteiger partial charge in [-0.3, -0.25) is 0 Å². The molecule has 12 rings (SSSR count). The van der Waals surface area contributed by atoms with Crippen molar-refractivity contribution in [3.8, 4) is 78.7 Å². The van der Waals surface area contributed by atoms with Crippen molar-refractivity contribution < 1.29 is 4.57 Å². The summed E-state index contributed by atoms with van der Waals surface area (Å²) in [6, 6.07) is 93.0. The van der Waals surface area contributed by atoms with Crippen LogP contribution < -0.4 is 15.9 Å². The summed E-state index contributed by atoms with van der Waals surface area (Å²) >= 11 is 0. The number of hydrogen-bond acceptors (Lipinski definition) is 4. The normalized spacial score (nSPS) is 13.3. The summed E-state index contributed by atoms with van der Waals surface area (Å²) in [7, 11) is -3.06. The predicted molar refractivity (Wildman–Crippen MR) is 308 cm³/mol. The molecule has 1 aliphatic carbocycles. The Morgan fingerprint density at radius 1 is 0.257 bits per heavy atom. The maximum absolute atomic E-state index is 15.0.